The summed E-state index contributed by atoms with van der Waals surface area (Å²) in [5, 5.41) is 29.8. The lowest BCUT2D eigenvalue weighted by Gasteiger charge is -2.71. The molecule has 3 N–H and O–H groups in total. The van der Waals surface area contributed by atoms with E-state index in [4.69, 9.17) is 20.8 Å². The number of nitrogens with one attached hydrogen (secondary N) is 1. The standard InChI is InChI=1S/C53H52ClF3N2O6/c1-48-22-19-36(60)28-50(48)25-26-52(40(29-50)46(61)43-18-17-42(65-43)39-27-34(53(55,56)57)11-16-41(39)54)44(48)20-23-49(2)45(52)21-24-51(49,63)31-59(47(62)58-35-12-14-37(64-3)15-13-35)30-33-9-6-8-32-7-4-5-10-38(32)33/h4-18,25-27,29,36,44-45,60,63H,19-24,28,30-31H2,1-3H3,(H,58,62)/t36?,44-,45-,48-,49+,50+,51-,52-/m1/s1. The number of amides is 2. The first-order chi connectivity index (χ1) is 30.9. The quantitative estimate of drug-likeness (QED) is 0.100. The minimum absolute atomic E-state index is 0.0207. The van der Waals surface area contributed by atoms with E-state index in [1.807, 2.05) is 42.5 Å². The topological polar surface area (TPSA) is 112 Å². The predicted molar refractivity (Wildman–Crippen MR) is 243 cm³/mol. The zero-order valence-corrected chi connectivity index (χ0v) is 37.3. The Kier molecular flexibility index (Phi) is 10.3. The molecule has 8 atom stereocenters. The maximum atomic E-state index is 15.3. The highest BCUT2D eigenvalue weighted by Crippen LogP contribution is 2.78. The van der Waals surface area contributed by atoms with Crippen molar-refractivity contribution in [3.05, 3.63) is 143 Å². The van der Waals surface area contributed by atoms with E-state index in [1.54, 1.807) is 36.3 Å². The SMILES string of the molecule is COc1ccc(NC(=O)N(Cc2cccc3ccccc23)C[C@]2(O)CC[C@H]3[C@]45C=C[C@@]6(C=C4C(=O)c4ccc(-c7cc(C(F)(F)F)ccc7Cl)o4)CC(O)CC[C@]6(C)[C@H]5CC[C@@]32C)cc1. The van der Waals surface area contributed by atoms with Gasteiger partial charge in [0.1, 0.15) is 11.5 Å². The van der Waals surface area contributed by atoms with Crippen molar-refractivity contribution >= 4 is 39.9 Å². The van der Waals surface area contributed by atoms with Gasteiger partial charge >= 0.3 is 12.2 Å². The molecule has 3 saturated carbocycles. The summed E-state index contributed by atoms with van der Waals surface area (Å²) in [7, 11) is 1.58. The molecular weight excluding hydrogens is 853 g/mol. The van der Waals surface area contributed by atoms with Gasteiger partial charge in [-0.3, -0.25) is 4.79 Å². The molecule has 6 aliphatic carbocycles. The van der Waals surface area contributed by atoms with E-state index >= 15 is 4.79 Å². The van der Waals surface area contributed by atoms with E-state index in [0.717, 1.165) is 34.9 Å². The summed E-state index contributed by atoms with van der Waals surface area (Å²) in [6.45, 7) is 4.66. The number of halogens is 4. The molecule has 5 aromatic rings. The number of Topliss-reactive ketones (excluding diaryl/α,β-unsaturated/α-hetero) is 1. The maximum absolute atomic E-state index is 15.3. The summed E-state index contributed by atoms with van der Waals surface area (Å²) >= 11 is 6.43. The first kappa shape index (κ1) is 43.5. The molecule has 0 radical (unpaired) electrons. The Morgan fingerprint density at radius 3 is 2.38 bits per heavy atom. The third kappa shape index (κ3) is 6.69. The summed E-state index contributed by atoms with van der Waals surface area (Å²) in [5.41, 5.74) is -2.80. The molecule has 2 spiro atoms. The Hall–Kier alpha value is -5.36. The van der Waals surface area contributed by atoms with Gasteiger partial charge in [0.05, 0.1) is 35.9 Å². The van der Waals surface area contributed by atoms with Crippen molar-refractivity contribution in [3.8, 4) is 17.1 Å². The van der Waals surface area contributed by atoms with Crippen molar-refractivity contribution in [2.45, 2.75) is 83.2 Å². The molecule has 6 aliphatic rings. The summed E-state index contributed by atoms with van der Waals surface area (Å²) in [4.78, 5) is 31.6. The third-order valence-corrected chi connectivity index (χ3v) is 17.0. The van der Waals surface area contributed by atoms with Crippen molar-refractivity contribution in [1.29, 1.82) is 0 Å². The van der Waals surface area contributed by atoms with Crippen LogP contribution in [-0.2, 0) is 12.7 Å². The first-order valence-electron chi connectivity index (χ1n) is 22.5. The average Bonchev–Trinajstić information content (AvgIpc) is 3.88. The fraction of sp³-hybridized carbons (Fsp3) is 0.396. The predicted octanol–water partition coefficient (Wildman–Crippen LogP) is 12.3. The zero-order valence-electron chi connectivity index (χ0n) is 36.6. The van der Waals surface area contributed by atoms with Crippen molar-refractivity contribution < 1.29 is 42.1 Å². The number of hydrogen-bond acceptors (Lipinski definition) is 6. The molecule has 4 aromatic carbocycles. The second-order valence-corrected chi connectivity index (χ2v) is 20.1. The van der Waals surface area contributed by atoms with Crippen LogP contribution in [0.3, 0.4) is 0 Å². The van der Waals surface area contributed by atoms with E-state index < -0.39 is 39.7 Å². The zero-order chi connectivity index (χ0) is 45.7. The van der Waals surface area contributed by atoms with Gasteiger partial charge in [0.2, 0.25) is 5.78 Å². The van der Waals surface area contributed by atoms with E-state index in [2.05, 4.69) is 37.4 Å². The van der Waals surface area contributed by atoms with Gasteiger partial charge in [0.15, 0.2) is 5.76 Å². The second kappa shape index (κ2) is 15.4. The fourth-order valence-corrected chi connectivity index (χ4v) is 13.5. The number of alkyl halides is 3. The van der Waals surface area contributed by atoms with Crippen LogP contribution in [0.25, 0.3) is 22.1 Å². The van der Waals surface area contributed by atoms with Gasteiger partial charge in [-0.1, -0.05) is 86.1 Å². The molecule has 338 valence electrons. The van der Waals surface area contributed by atoms with Gasteiger partial charge in [0.25, 0.3) is 0 Å². The van der Waals surface area contributed by atoms with Crippen LogP contribution in [0.4, 0.5) is 23.7 Å². The van der Waals surface area contributed by atoms with E-state index in [1.165, 1.54) is 18.2 Å². The Balaban J connectivity index is 1.04. The van der Waals surface area contributed by atoms with E-state index in [-0.39, 0.29) is 64.3 Å². The molecule has 3 fully saturated rings. The van der Waals surface area contributed by atoms with Crippen LogP contribution < -0.4 is 10.1 Å². The minimum Gasteiger partial charge on any atom is -0.497 e. The number of carbonyl (C=O) groups excluding carboxylic acids is 2. The highest BCUT2D eigenvalue weighted by molar-refractivity contribution is 6.33. The number of benzene rings is 4. The van der Waals surface area contributed by atoms with E-state index in [9.17, 15) is 28.2 Å². The van der Waals surface area contributed by atoms with Crippen molar-refractivity contribution in [1.82, 2.24) is 4.90 Å². The van der Waals surface area contributed by atoms with Crippen molar-refractivity contribution in [2.24, 2.45) is 33.5 Å². The smallest absolute Gasteiger partial charge is 0.416 e. The third-order valence-electron chi connectivity index (χ3n) is 16.7. The number of rotatable bonds is 9. The maximum Gasteiger partial charge on any atom is 0.416 e. The van der Waals surface area contributed by atoms with Gasteiger partial charge in [-0.2, -0.15) is 13.2 Å². The van der Waals surface area contributed by atoms with Crippen LogP contribution in [0.1, 0.15) is 80.5 Å². The number of urea groups is 1. The summed E-state index contributed by atoms with van der Waals surface area (Å²) in [6.07, 6.45) is 5.38. The largest absolute Gasteiger partial charge is 0.497 e. The van der Waals surface area contributed by atoms with Crippen LogP contribution in [0, 0.1) is 33.5 Å². The number of aliphatic hydroxyl groups excluding tert-OH is 1. The number of nitrogens with zero attached hydrogens (tertiary/aromatic N) is 1. The number of methoxy groups -OCH3 is 1. The second-order valence-electron chi connectivity index (χ2n) is 19.6. The molecule has 2 amide bonds. The highest BCUT2D eigenvalue weighted by atomic mass is 35.5. The normalized spacial score (nSPS) is 31.2. The molecule has 2 bridgehead atoms. The number of fused-ring (bicyclic) bond motifs is 2. The van der Waals surface area contributed by atoms with Gasteiger partial charge < -0.3 is 29.6 Å². The molecule has 1 aromatic heterocycles. The molecule has 1 unspecified atom stereocenters. The molecule has 11 rings (SSSR count). The van der Waals surface area contributed by atoms with Crippen LogP contribution in [0.5, 0.6) is 5.75 Å². The average molecular weight is 905 g/mol. The Labute approximate surface area is 381 Å². The minimum atomic E-state index is -4.61. The monoisotopic (exact) mass is 904 g/mol. The molecule has 0 saturated heterocycles. The first-order valence-corrected chi connectivity index (χ1v) is 22.8. The Morgan fingerprint density at radius 1 is 0.892 bits per heavy atom. The highest BCUT2D eigenvalue weighted by Gasteiger charge is 2.74. The molecule has 12 heteroatoms. The van der Waals surface area contributed by atoms with Crippen molar-refractivity contribution in [2.75, 3.05) is 19.0 Å². The Bertz CT molecular complexity index is 2780. The number of ether oxygens (including phenoxy) is 1. The lowest BCUT2D eigenvalue weighted by molar-refractivity contribution is -0.174. The van der Waals surface area contributed by atoms with Crippen molar-refractivity contribution in [3.63, 3.8) is 0 Å². The fourth-order valence-electron chi connectivity index (χ4n) is 13.3. The summed E-state index contributed by atoms with van der Waals surface area (Å²) in [5.74, 6) is -0.00141. The lowest BCUT2D eigenvalue weighted by atomic mass is 9.32. The number of anilines is 1. The van der Waals surface area contributed by atoms with Gasteiger partial charge in [-0.05, 0) is 133 Å². The van der Waals surface area contributed by atoms with E-state index in [0.29, 0.717) is 55.5 Å². The lowest BCUT2D eigenvalue weighted by Crippen LogP contribution is -2.67. The number of hydrogen-bond donors (Lipinski definition) is 3. The van der Waals surface area contributed by atoms with Crippen LogP contribution in [-0.4, -0.2) is 52.3 Å². The number of ketones is 1. The molecule has 1 heterocycles. The summed E-state index contributed by atoms with van der Waals surface area (Å²) in [6, 6.07) is 26.8. The number of furan rings is 1. The number of aliphatic hydroxyl groups is 2. The molecule has 0 aliphatic heterocycles. The van der Waals surface area contributed by atoms with Gasteiger partial charge in [0, 0.05) is 39.6 Å². The van der Waals surface area contributed by atoms with Gasteiger partial charge in [-0.15, -0.1) is 0 Å². The molecular formula is C53H52ClF3N2O6. The van der Waals surface area contributed by atoms with Crippen LogP contribution >= 0.6 is 11.6 Å². The number of carbonyl (C=O) groups is 2. The summed E-state index contributed by atoms with van der Waals surface area (Å²) < 4.78 is 52.9. The molecule has 65 heavy (non-hydrogen) atoms. The number of allylic oxidation sites excluding steroid dienone is 4. The van der Waals surface area contributed by atoms with Gasteiger partial charge in [-0.25, -0.2) is 4.79 Å². The van der Waals surface area contributed by atoms with Crippen LogP contribution in [0.2, 0.25) is 5.02 Å². The van der Waals surface area contributed by atoms with Crippen LogP contribution in [0.15, 0.2) is 125 Å². The Morgan fingerprint density at radius 2 is 1.62 bits per heavy atom. The molecule has 8 nitrogen and oxygen atoms in total.